The molecule has 24 heavy (non-hydrogen) atoms. The maximum absolute atomic E-state index is 12.2. The molecule has 5 nitrogen and oxygen atoms in total. The van der Waals surface area contributed by atoms with Gasteiger partial charge in [0.25, 0.3) is 0 Å². The number of hydrogen-bond acceptors (Lipinski definition) is 4. The predicted octanol–water partition coefficient (Wildman–Crippen LogP) is 2.51. The second-order valence-electron chi connectivity index (χ2n) is 6.36. The molecule has 134 valence electrons. The van der Waals surface area contributed by atoms with Crippen LogP contribution in [0.4, 0.5) is 0 Å². The second kappa shape index (κ2) is 10.3. The largest absolute Gasteiger partial charge is 0.494 e. The lowest BCUT2D eigenvalue weighted by Gasteiger charge is -2.32. The van der Waals surface area contributed by atoms with Gasteiger partial charge in [0.05, 0.1) is 12.7 Å². The molecule has 0 saturated carbocycles. The molecule has 0 atom stereocenters. The summed E-state index contributed by atoms with van der Waals surface area (Å²) in [4.78, 5) is 14.2. The van der Waals surface area contributed by atoms with Gasteiger partial charge in [-0.2, -0.15) is 0 Å². The zero-order chi connectivity index (χ0) is 17.2. The highest BCUT2D eigenvalue weighted by Crippen LogP contribution is 2.16. The fraction of sp³-hybridized carbons (Fsp3) is 0.632. The van der Waals surface area contributed by atoms with Crippen LogP contribution in [0, 0.1) is 6.92 Å². The molecule has 0 spiro atoms. The van der Waals surface area contributed by atoms with Gasteiger partial charge >= 0.3 is 0 Å². The smallest absolute Gasteiger partial charge is 0.222 e. The first-order chi connectivity index (χ1) is 11.7. The summed E-state index contributed by atoms with van der Waals surface area (Å²) in [6.07, 6.45) is 4.33. The number of carbonyl (C=O) groups is 1. The van der Waals surface area contributed by atoms with Crippen LogP contribution in [0.1, 0.15) is 37.7 Å². The zero-order valence-corrected chi connectivity index (χ0v) is 14.7. The highest BCUT2D eigenvalue weighted by Gasteiger charge is 2.22. The quantitative estimate of drug-likeness (QED) is 0.705. The molecule has 2 rings (SSSR count). The highest BCUT2D eigenvalue weighted by molar-refractivity contribution is 5.76. The first kappa shape index (κ1) is 18.7. The molecule has 1 aromatic rings. The van der Waals surface area contributed by atoms with Crippen molar-refractivity contribution in [2.45, 2.75) is 45.1 Å². The van der Waals surface area contributed by atoms with E-state index in [9.17, 15) is 4.79 Å². The lowest BCUT2D eigenvalue weighted by molar-refractivity contribution is -0.134. The summed E-state index contributed by atoms with van der Waals surface area (Å²) < 4.78 is 11.5. The van der Waals surface area contributed by atoms with Crippen molar-refractivity contribution >= 4 is 5.91 Å². The lowest BCUT2D eigenvalue weighted by atomic mass is 10.1. The molecule has 1 heterocycles. The number of likely N-dealkylation sites (tertiary alicyclic amines) is 1. The third kappa shape index (κ3) is 6.49. The van der Waals surface area contributed by atoms with Crippen LogP contribution in [-0.4, -0.2) is 49.8 Å². The molecule has 1 fully saturated rings. The third-order valence-corrected chi connectivity index (χ3v) is 4.29. The van der Waals surface area contributed by atoms with E-state index in [4.69, 9.17) is 15.2 Å². The van der Waals surface area contributed by atoms with Gasteiger partial charge < -0.3 is 20.1 Å². The number of nitrogens with two attached hydrogens (primary N) is 1. The highest BCUT2D eigenvalue weighted by atomic mass is 16.5. The van der Waals surface area contributed by atoms with Crippen molar-refractivity contribution in [2.75, 3.05) is 32.8 Å². The van der Waals surface area contributed by atoms with Crippen LogP contribution >= 0.6 is 0 Å². The van der Waals surface area contributed by atoms with Gasteiger partial charge in [-0.3, -0.25) is 4.79 Å². The molecule has 2 N–H and O–H groups in total. The fourth-order valence-electron chi connectivity index (χ4n) is 2.88. The minimum Gasteiger partial charge on any atom is -0.494 e. The number of nitrogens with zero attached hydrogens (tertiary/aromatic N) is 1. The Morgan fingerprint density at radius 2 is 2.04 bits per heavy atom. The number of hydrogen-bond donors (Lipinski definition) is 1. The summed E-state index contributed by atoms with van der Waals surface area (Å²) in [6, 6.07) is 7.98. The summed E-state index contributed by atoms with van der Waals surface area (Å²) in [5.41, 5.74) is 6.65. The second-order valence-corrected chi connectivity index (χ2v) is 6.36. The average molecular weight is 334 g/mol. The van der Waals surface area contributed by atoms with E-state index in [1.54, 1.807) is 0 Å². The van der Waals surface area contributed by atoms with E-state index < -0.39 is 0 Å². The predicted molar refractivity (Wildman–Crippen MR) is 95.1 cm³/mol. The van der Waals surface area contributed by atoms with Crippen molar-refractivity contribution < 1.29 is 14.3 Å². The molecule has 1 aliphatic heterocycles. The van der Waals surface area contributed by atoms with Gasteiger partial charge in [-0.25, -0.2) is 0 Å². The molecule has 0 aromatic heterocycles. The standard InChI is InChI=1S/C19H30N2O3/c1-16-5-2-6-18(15-16)24-13-3-7-19(22)21-11-8-17(9-12-21)23-14-4-10-20/h2,5-6,15,17H,3-4,7-14,20H2,1H3. The van der Waals surface area contributed by atoms with Crippen molar-refractivity contribution in [1.82, 2.24) is 4.90 Å². The summed E-state index contributed by atoms with van der Waals surface area (Å²) in [5, 5.41) is 0. The lowest BCUT2D eigenvalue weighted by Crippen LogP contribution is -2.41. The molecular weight excluding hydrogens is 304 g/mol. The van der Waals surface area contributed by atoms with E-state index in [1.807, 2.05) is 36.1 Å². The van der Waals surface area contributed by atoms with Gasteiger partial charge in [-0.1, -0.05) is 12.1 Å². The summed E-state index contributed by atoms with van der Waals surface area (Å²) in [5.74, 6) is 1.10. The number of carbonyl (C=O) groups excluding carboxylic acids is 1. The van der Waals surface area contributed by atoms with Gasteiger partial charge in [0, 0.05) is 26.1 Å². The Hall–Kier alpha value is -1.59. The molecule has 0 bridgehead atoms. The summed E-state index contributed by atoms with van der Waals surface area (Å²) >= 11 is 0. The first-order valence-electron chi connectivity index (χ1n) is 8.98. The Balaban J connectivity index is 1.58. The maximum atomic E-state index is 12.2. The average Bonchev–Trinajstić information content (AvgIpc) is 2.59. The van der Waals surface area contributed by atoms with Gasteiger partial charge in [0.15, 0.2) is 0 Å². The molecule has 1 saturated heterocycles. The van der Waals surface area contributed by atoms with E-state index in [-0.39, 0.29) is 12.0 Å². The zero-order valence-electron chi connectivity index (χ0n) is 14.7. The Morgan fingerprint density at radius 1 is 1.25 bits per heavy atom. The van der Waals surface area contributed by atoms with Crippen LogP contribution in [0.2, 0.25) is 0 Å². The molecule has 1 amide bonds. The van der Waals surface area contributed by atoms with Crippen molar-refractivity contribution in [3.63, 3.8) is 0 Å². The third-order valence-electron chi connectivity index (χ3n) is 4.29. The molecule has 5 heteroatoms. The van der Waals surface area contributed by atoms with E-state index >= 15 is 0 Å². The van der Waals surface area contributed by atoms with E-state index in [0.29, 0.717) is 19.6 Å². The minimum atomic E-state index is 0.225. The van der Waals surface area contributed by atoms with Crippen LogP contribution in [0.5, 0.6) is 5.75 Å². The summed E-state index contributed by atoms with van der Waals surface area (Å²) in [6.45, 7) is 5.61. The van der Waals surface area contributed by atoms with Gasteiger partial charge in [-0.15, -0.1) is 0 Å². The SMILES string of the molecule is Cc1cccc(OCCCC(=O)N2CCC(OCCCN)CC2)c1. The molecule has 1 aliphatic rings. The van der Waals surface area contributed by atoms with E-state index in [1.165, 1.54) is 5.56 Å². The van der Waals surface area contributed by atoms with Gasteiger partial charge in [0.2, 0.25) is 5.91 Å². The molecule has 0 aliphatic carbocycles. The van der Waals surface area contributed by atoms with Crippen molar-refractivity contribution in [3.8, 4) is 5.75 Å². The Kier molecular flexibility index (Phi) is 8.05. The Morgan fingerprint density at radius 3 is 2.75 bits per heavy atom. The minimum absolute atomic E-state index is 0.225. The topological polar surface area (TPSA) is 64.8 Å². The molecule has 0 unspecified atom stereocenters. The summed E-state index contributed by atoms with van der Waals surface area (Å²) in [7, 11) is 0. The van der Waals surface area contributed by atoms with E-state index in [2.05, 4.69) is 0 Å². The Labute approximate surface area is 145 Å². The van der Waals surface area contributed by atoms with E-state index in [0.717, 1.165) is 51.1 Å². The number of amides is 1. The molecular formula is C19H30N2O3. The number of aryl methyl sites for hydroxylation is 1. The number of piperidine rings is 1. The first-order valence-corrected chi connectivity index (χ1v) is 8.98. The maximum Gasteiger partial charge on any atom is 0.222 e. The number of benzene rings is 1. The fourth-order valence-corrected chi connectivity index (χ4v) is 2.88. The van der Waals surface area contributed by atoms with Crippen LogP contribution < -0.4 is 10.5 Å². The Bertz CT molecular complexity index is 499. The number of rotatable bonds is 9. The molecule has 0 radical (unpaired) electrons. The van der Waals surface area contributed by atoms with Crippen molar-refractivity contribution in [1.29, 1.82) is 0 Å². The van der Waals surface area contributed by atoms with Crippen LogP contribution in [0.25, 0.3) is 0 Å². The molecule has 1 aromatic carbocycles. The van der Waals surface area contributed by atoms with Crippen LogP contribution in [-0.2, 0) is 9.53 Å². The van der Waals surface area contributed by atoms with Gasteiger partial charge in [0.1, 0.15) is 5.75 Å². The van der Waals surface area contributed by atoms with Crippen molar-refractivity contribution in [2.24, 2.45) is 5.73 Å². The number of ether oxygens (including phenoxy) is 2. The monoisotopic (exact) mass is 334 g/mol. The van der Waals surface area contributed by atoms with Crippen LogP contribution in [0.15, 0.2) is 24.3 Å². The normalized spacial score (nSPS) is 15.5. The van der Waals surface area contributed by atoms with Gasteiger partial charge in [-0.05, 0) is 56.8 Å². The van der Waals surface area contributed by atoms with Crippen LogP contribution in [0.3, 0.4) is 0 Å². The van der Waals surface area contributed by atoms with Crippen molar-refractivity contribution in [3.05, 3.63) is 29.8 Å².